The molecule has 0 aliphatic heterocycles. The molecule has 1 atom stereocenters. The molecule has 0 heterocycles. The summed E-state index contributed by atoms with van der Waals surface area (Å²) in [6.45, 7) is 1.74. The molecule has 0 fully saturated rings. The molecule has 3 aromatic carbocycles. The van der Waals surface area contributed by atoms with Crippen molar-refractivity contribution in [3.8, 4) is 11.5 Å². The molecule has 0 radical (unpaired) electrons. The fourth-order valence-electron chi connectivity index (χ4n) is 3.17. The second kappa shape index (κ2) is 10.9. The molecule has 7 nitrogen and oxygen atoms in total. The van der Waals surface area contributed by atoms with Crippen molar-refractivity contribution in [1.29, 1.82) is 0 Å². The fourth-order valence-corrected chi connectivity index (χ4v) is 3.38. The van der Waals surface area contributed by atoms with Crippen molar-refractivity contribution >= 4 is 36.1 Å². The maximum Gasteiger partial charge on any atom is 0.332 e. The molecule has 10 heteroatoms. The van der Waals surface area contributed by atoms with Crippen LogP contribution in [0.2, 0.25) is 0 Å². The van der Waals surface area contributed by atoms with E-state index < -0.39 is 23.8 Å². The molecule has 0 saturated heterocycles. The van der Waals surface area contributed by atoms with Crippen LogP contribution in [-0.2, 0) is 0 Å². The van der Waals surface area contributed by atoms with Gasteiger partial charge in [-0.25, -0.2) is 17.9 Å². The lowest BCUT2D eigenvalue weighted by Gasteiger charge is -2.23. The van der Waals surface area contributed by atoms with Gasteiger partial charge in [0.1, 0.15) is 28.8 Å². The molecular formula is C24H23F2N3O4S. The standard InChI is InChI=1S/C24H23F2N3O4S/c1-14(15-8-10-16(25)11-9-15)27-24(31)29(34)20-13-21(32-2)19(12-22(20)33-3)28-23(30)17-6-4-5-7-18(17)26/h4-14,34H,1-3H3,(H,27,31)(H,28,30). The van der Waals surface area contributed by atoms with Gasteiger partial charge in [-0.1, -0.05) is 37.1 Å². The minimum Gasteiger partial charge on any atom is -0.494 e. The molecule has 0 aromatic heterocycles. The molecule has 34 heavy (non-hydrogen) atoms. The lowest BCUT2D eigenvalue weighted by molar-refractivity contribution is 0.102. The third-order valence-electron chi connectivity index (χ3n) is 5.00. The van der Waals surface area contributed by atoms with Crippen molar-refractivity contribution in [2.45, 2.75) is 13.0 Å². The first-order chi connectivity index (χ1) is 16.2. The number of halogens is 2. The van der Waals surface area contributed by atoms with Crippen molar-refractivity contribution in [1.82, 2.24) is 5.32 Å². The molecule has 0 saturated carbocycles. The summed E-state index contributed by atoms with van der Waals surface area (Å²) in [5.41, 5.74) is 0.998. The smallest absolute Gasteiger partial charge is 0.332 e. The summed E-state index contributed by atoms with van der Waals surface area (Å²) in [5, 5.41) is 5.35. The number of carbonyl (C=O) groups excluding carboxylic acids is 2. The van der Waals surface area contributed by atoms with Crippen molar-refractivity contribution in [3.05, 3.63) is 83.4 Å². The Bertz CT molecular complexity index is 1190. The number of nitrogens with zero attached hydrogens (tertiary/aromatic N) is 1. The zero-order chi connectivity index (χ0) is 24.8. The Morgan fingerprint density at radius 2 is 1.62 bits per heavy atom. The van der Waals surface area contributed by atoms with E-state index in [2.05, 4.69) is 23.4 Å². The van der Waals surface area contributed by atoms with Gasteiger partial charge in [-0.3, -0.25) is 4.79 Å². The quantitative estimate of drug-likeness (QED) is 0.392. The van der Waals surface area contributed by atoms with Crippen molar-refractivity contribution in [2.75, 3.05) is 23.8 Å². The van der Waals surface area contributed by atoms with Gasteiger partial charge < -0.3 is 20.1 Å². The zero-order valence-electron chi connectivity index (χ0n) is 18.6. The second-order valence-electron chi connectivity index (χ2n) is 7.19. The molecule has 3 amide bonds. The number of anilines is 2. The van der Waals surface area contributed by atoms with Crippen molar-refractivity contribution in [3.63, 3.8) is 0 Å². The lowest BCUT2D eigenvalue weighted by atomic mass is 10.1. The van der Waals surface area contributed by atoms with Gasteiger partial charge >= 0.3 is 6.03 Å². The van der Waals surface area contributed by atoms with Crippen LogP contribution in [0.5, 0.6) is 11.5 Å². The molecule has 1 unspecified atom stereocenters. The van der Waals surface area contributed by atoms with E-state index in [-0.39, 0.29) is 34.3 Å². The highest BCUT2D eigenvalue weighted by Crippen LogP contribution is 2.39. The summed E-state index contributed by atoms with van der Waals surface area (Å²) in [6, 6.07) is 13.2. The van der Waals surface area contributed by atoms with E-state index in [1.54, 1.807) is 25.1 Å². The predicted octanol–water partition coefficient (Wildman–Crippen LogP) is 5.36. The molecule has 3 aromatic rings. The highest BCUT2D eigenvalue weighted by atomic mass is 32.1. The highest BCUT2D eigenvalue weighted by molar-refractivity contribution is 7.82. The molecule has 2 N–H and O–H groups in total. The monoisotopic (exact) mass is 487 g/mol. The van der Waals surface area contributed by atoms with E-state index in [9.17, 15) is 18.4 Å². The molecule has 0 spiro atoms. The molecule has 0 aliphatic rings. The lowest BCUT2D eigenvalue weighted by Crippen LogP contribution is -2.36. The molecule has 0 bridgehead atoms. The third kappa shape index (κ3) is 5.57. The van der Waals surface area contributed by atoms with E-state index in [0.29, 0.717) is 5.56 Å². The third-order valence-corrected chi connectivity index (χ3v) is 5.40. The number of thiol groups is 1. The Kier molecular flexibility index (Phi) is 7.95. The van der Waals surface area contributed by atoms with Gasteiger partial charge in [0, 0.05) is 12.1 Å². The van der Waals surface area contributed by atoms with Crippen LogP contribution in [0.3, 0.4) is 0 Å². The second-order valence-corrected chi connectivity index (χ2v) is 7.59. The normalized spacial score (nSPS) is 11.4. The number of carbonyl (C=O) groups is 2. The van der Waals surface area contributed by atoms with Gasteiger partial charge in [0.05, 0.1) is 31.5 Å². The number of ether oxygens (including phenoxy) is 2. The molecular weight excluding hydrogens is 464 g/mol. The minimum absolute atomic E-state index is 0.141. The van der Waals surface area contributed by atoms with Gasteiger partial charge in [-0.15, -0.1) is 0 Å². The first kappa shape index (κ1) is 24.8. The van der Waals surface area contributed by atoms with Crippen LogP contribution in [-0.4, -0.2) is 26.2 Å². The topological polar surface area (TPSA) is 79.9 Å². The predicted molar refractivity (Wildman–Crippen MR) is 129 cm³/mol. The van der Waals surface area contributed by atoms with E-state index in [0.717, 1.165) is 4.31 Å². The maximum absolute atomic E-state index is 14.0. The minimum atomic E-state index is -0.681. The summed E-state index contributed by atoms with van der Waals surface area (Å²) in [5.74, 6) is -1.34. The van der Waals surface area contributed by atoms with Crippen LogP contribution in [0.1, 0.15) is 28.9 Å². The Morgan fingerprint density at radius 1 is 0.971 bits per heavy atom. The average molecular weight is 488 g/mol. The highest BCUT2D eigenvalue weighted by Gasteiger charge is 2.23. The van der Waals surface area contributed by atoms with Crippen molar-refractivity contribution in [2.24, 2.45) is 0 Å². The maximum atomic E-state index is 14.0. The SMILES string of the molecule is COc1cc(N(S)C(=O)NC(C)c2ccc(F)cc2)c(OC)cc1NC(=O)c1ccccc1F. The summed E-state index contributed by atoms with van der Waals surface area (Å²) >= 11 is 4.29. The number of hydrogen-bond donors (Lipinski definition) is 3. The molecule has 178 valence electrons. The van der Waals surface area contributed by atoms with Gasteiger partial charge in [-0.2, -0.15) is 0 Å². The van der Waals surface area contributed by atoms with Gasteiger partial charge in [0.15, 0.2) is 0 Å². The molecule has 3 rings (SSSR count). The van der Waals surface area contributed by atoms with E-state index in [4.69, 9.17) is 9.47 Å². The van der Waals surface area contributed by atoms with Gasteiger partial charge in [0.2, 0.25) is 0 Å². The Balaban J connectivity index is 1.83. The van der Waals surface area contributed by atoms with Crippen LogP contribution < -0.4 is 24.4 Å². The Morgan fingerprint density at radius 3 is 2.24 bits per heavy atom. The Labute approximate surface area is 201 Å². The fraction of sp³-hybridized carbons (Fsp3) is 0.167. The summed E-state index contributed by atoms with van der Waals surface area (Å²) in [7, 11) is 2.76. The Hall–Kier alpha value is -3.79. The van der Waals surface area contributed by atoms with E-state index in [1.807, 2.05) is 0 Å². The number of benzene rings is 3. The number of rotatable bonds is 7. The van der Waals surface area contributed by atoms with E-state index >= 15 is 0 Å². The number of amides is 3. The number of hydrogen-bond acceptors (Lipinski definition) is 5. The number of nitrogens with one attached hydrogen (secondary N) is 2. The van der Waals surface area contributed by atoms with Gasteiger partial charge in [0.25, 0.3) is 5.91 Å². The molecule has 0 aliphatic carbocycles. The van der Waals surface area contributed by atoms with Crippen molar-refractivity contribution < 1.29 is 27.8 Å². The first-order valence-electron chi connectivity index (χ1n) is 10.1. The summed E-state index contributed by atoms with van der Waals surface area (Å²) in [6.07, 6.45) is 0. The first-order valence-corrected chi connectivity index (χ1v) is 10.5. The van der Waals surface area contributed by atoms with Crippen LogP contribution in [0.4, 0.5) is 25.0 Å². The summed E-state index contributed by atoms with van der Waals surface area (Å²) in [4.78, 5) is 25.3. The average Bonchev–Trinajstić information content (AvgIpc) is 2.83. The number of methoxy groups -OCH3 is 2. The number of urea groups is 1. The van der Waals surface area contributed by atoms with Crippen LogP contribution >= 0.6 is 12.8 Å². The van der Waals surface area contributed by atoms with Crippen LogP contribution in [0.15, 0.2) is 60.7 Å². The van der Waals surface area contributed by atoms with Gasteiger partial charge in [-0.05, 0) is 36.8 Å². The zero-order valence-corrected chi connectivity index (χ0v) is 19.5. The summed E-state index contributed by atoms with van der Waals surface area (Å²) < 4.78 is 38.9. The van der Waals surface area contributed by atoms with Crippen LogP contribution in [0, 0.1) is 11.6 Å². The van der Waals surface area contributed by atoms with Crippen LogP contribution in [0.25, 0.3) is 0 Å². The largest absolute Gasteiger partial charge is 0.494 e. The van der Waals surface area contributed by atoms with E-state index in [1.165, 1.54) is 56.7 Å².